The van der Waals surface area contributed by atoms with Crippen LogP contribution in [0.1, 0.15) is 64.6 Å². The van der Waals surface area contributed by atoms with Gasteiger partial charge in [-0.2, -0.15) is 0 Å². The molecule has 1 heterocycles. The smallest absolute Gasteiger partial charge is 0.348 e. The second-order valence-corrected chi connectivity index (χ2v) is 12.9. The Hall–Kier alpha value is -5.21. The Morgan fingerprint density at radius 3 is 1.51 bits per heavy atom. The summed E-state index contributed by atoms with van der Waals surface area (Å²) in [5.41, 5.74) is -0.372. The van der Waals surface area contributed by atoms with Crippen LogP contribution >= 0.6 is 11.6 Å². The van der Waals surface area contributed by atoms with Gasteiger partial charge in [-0.15, -0.1) is 0 Å². The quantitative estimate of drug-likeness (QED) is 0.161. The molecule has 2 aromatic rings. The molecule has 0 saturated heterocycles. The summed E-state index contributed by atoms with van der Waals surface area (Å²) in [5, 5.41) is 7.75. The number of halogens is 1. The Morgan fingerprint density at radius 1 is 0.717 bits per heavy atom. The average molecular weight is 791 g/mol. The standard InChI is InChI=1S/C32H39ClN2O17S/c1-8-45-26(36)15(2)47-27(37)16(3)48-28(38)17(4)49-29(39)18(5)50-30(40)19(6)51-31(41)20(7)52-32(42)22-12-25(53(34,43)44)23(33)13-24(22)35-14-21-10-9-11-46-21/h9-13,15-20,35H,8,14H2,1-7H3,(H2,34,43,44)/t15-,16-,17-,18-,19-,20-/m0/s1. The van der Waals surface area contributed by atoms with Crippen LogP contribution in [0.4, 0.5) is 5.69 Å². The number of benzene rings is 1. The van der Waals surface area contributed by atoms with Crippen molar-refractivity contribution in [2.75, 3.05) is 11.9 Å². The third-order valence-corrected chi connectivity index (χ3v) is 8.03. The molecule has 3 N–H and O–H groups in total. The van der Waals surface area contributed by atoms with Crippen molar-refractivity contribution >= 4 is 69.1 Å². The molecule has 1 aromatic carbocycles. The molecule has 0 fully saturated rings. The van der Waals surface area contributed by atoms with E-state index in [2.05, 4.69) is 5.32 Å². The van der Waals surface area contributed by atoms with Crippen LogP contribution in [0.3, 0.4) is 0 Å². The molecule has 0 saturated carbocycles. The highest BCUT2D eigenvalue weighted by molar-refractivity contribution is 7.89. The fraction of sp³-hybridized carbons (Fsp3) is 0.469. The number of rotatable bonds is 18. The summed E-state index contributed by atoms with van der Waals surface area (Å²) < 4.78 is 63.8. The lowest BCUT2D eigenvalue weighted by atomic mass is 10.1. The molecule has 2 rings (SSSR count). The van der Waals surface area contributed by atoms with Crippen molar-refractivity contribution in [1.82, 2.24) is 0 Å². The Morgan fingerprint density at radius 2 is 1.13 bits per heavy atom. The van der Waals surface area contributed by atoms with E-state index in [0.29, 0.717) is 5.76 Å². The number of anilines is 1. The van der Waals surface area contributed by atoms with E-state index in [-0.39, 0.29) is 29.4 Å². The lowest BCUT2D eigenvalue weighted by Gasteiger charge is -2.21. The molecule has 1 aromatic heterocycles. The number of hydrogen-bond donors (Lipinski definition) is 2. The van der Waals surface area contributed by atoms with E-state index in [1.807, 2.05) is 0 Å². The largest absolute Gasteiger partial charge is 0.467 e. The Kier molecular flexibility index (Phi) is 16.2. The fourth-order valence-electron chi connectivity index (χ4n) is 3.80. The molecular formula is C32H39ClN2O17S. The van der Waals surface area contributed by atoms with Crippen molar-refractivity contribution in [1.29, 1.82) is 0 Å². The number of primary sulfonamides is 1. The van der Waals surface area contributed by atoms with Crippen molar-refractivity contribution in [3.8, 4) is 0 Å². The second-order valence-electron chi connectivity index (χ2n) is 11.0. The fourth-order valence-corrected chi connectivity index (χ4v) is 4.90. The molecular weight excluding hydrogens is 752 g/mol. The highest BCUT2D eigenvalue weighted by Crippen LogP contribution is 2.29. The van der Waals surface area contributed by atoms with Gasteiger partial charge in [0, 0.05) is 0 Å². The van der Waals surface area contributed by atoms with Gasteiger partial charge in [0.25, 0.3) is 0 Å². The first kappa shape index (κ1) is 44.0. The molecule has 0 aliphatic rings. The molecule has 0 bridgehead atoms. The molecule has 6 atom stereocenters. The average Bonchev–Trinajstić information content (AvgIpc) is 3.60. The maximum atomic E-state index is 13.1. The summed E-state index contributed by atoms with van der Waals surface area (Å²) in [4.78, 5) is 86.4. The Bertz CT molecular complexity index is 1780. The second kappa shape index (κ2) is 19.6. The zero-order valence-electron chi connectivity index (χ0n) is 29.6. The zero-order chi connectivity index (χ0) is 40.2. The van der Waals surface area contributed by atoms with Gasteiger partial charge in [0.05, 0.1) is 35.7 Å². The van der Waals surface area contributed by atoms with Gasteiger partial charge in [-0.1, -0.05) is 11.6 Å². The molecule has 0 spiro atoms. The molecule has 0 aliphatic heterocycles. The molecule has 21 heteroatoms. The van der Waals surface area contributed by atoms with E-state index >= 15 is 0 Å². The van der Waals surface area contributed by atoms with Crippen molar-refractivity contribution < 1.29 is 79.6 Å². The lowest BCUT2D eigenvalue weighted by Crippen LogP contribution is -2.39. The van der Waals surface area contributed by atoms with Crippen LogP contribution in [0, 0.1) is 0 Å². The molecule has 19 nitrogen and oxygen atoms in total. The van der Waals surface area contributed by atoms with Crippen molar-refractivity contribution in [2.24, 2.45) is 5.14 Å². The van der Waals surface area contributed by atoms with Gasteiger partial charge in [0.15, 0.2) is 36.6 Å². The van der Waals surface area contributed by atoms with Crippen LogP contribution in [0.25, 0.3) is 0 Å². The number of esters is 7. The predicted octanol–water partition coefficient (Wildman–Crippen LogP) is 1.96. The first-order valence-corrected chi connectivity index (χ1v) is 17.6. The molecule has 0 unspecified atom stereocenters. The van der Waals surface area contributed by atoms with Gasteiger partial charge < -0.3 is 42.9 Å². The van der Waals surface area contributed by atoms with Gasteiger partial charge in [-0.3, -0.25) is 0 Å². The molecule has 0 radical (unpaired) electrons. The summed E-state index contributed by atoms with van der Waals surface area (Å²) in [6.07, 6.45) is -7.90. The summed E-state index contributed by atoms with van der Waals surface area (Å²) in [6.45, 7) is 8.45. The van der Waals surface area contributed by atoms with E-state index in [1.165, 1.54) is 13.2 Å². The van der Waals surface area contributed by atoms with Crippen molar-refractivity contribution in [2.45, 2.75) is 96.5 Å². The summed E-state index contributed by atoms with van der Waals surface area (Å²) in [6, 6.07) is 5.21. The number of furan rings is 1. The van der Waals surface area contributed by atoms with Crippen LogP contribution in [0.2, 0.25) is 5.02 Å². The van der Waals surface area contributed by atoms with Crippen LogP contribution in [0.15, 0.2) is 39.8 Å². The summed E-state index contributed by atoms with van der Waals surface area (Å²) >= 11 is 6.08. The summed E-state index contributed by atoms with van der Waals surface area (Å²) in [5.74, 6) is -7.49. The minimum absolute atomic E-state index is 0.00227. The van der Waals surface area contributed by atoms with Crippen LogP contribution in [-0.2, 0) is 78.5 Å². The van der Waals surface area contributed by atoms with E-state index in [4.69, 9.17) is 54.3 Å². The van der Waals surface area contributed by atoms with Crippen LogP contribution in [0.5, 0.6) is 0 Å². The Balaban J connectivity index is 1.95. The number of ether oxygens (including phenoxy) is 7. The first-order chi connectivity index (χ1) is 24.7. The number of carbonyl (C=O) groups excluding carboxylic acids is 7. The van der Waals surface area contributed by atoms with Gasteiger partial charge in [-0.25, -0.2) is 47.1 Å². The number of sulfonamides is 1. The Labute approximate surface area is 308 Å². The van der Waals surface area contributed by atoms with E-state index in [1.54, 1.807) is 19.1 Å². The zero-order valence-corrected chi connectivity index (χ0v) is 31.1. The van der Waals surface area contributed by atoms with Crippen molar-refractivity contribution in [3.63, 3.8) is 0 Å². The van der Waals surface area contributed by atoms with Gasteiger partial charge >= 0.3 is 41.8 Å². The maximum absolute atomic E-state index is 13.1. The van der Waals surface area contributed by atoms with Crippen LogP contribution in [-0.4, -0.2) is 93.4 Å². The number of nitrogens with two attached hydrogens (primary N) is 1. The normalized spacial score (nSPS) is 14.5. The topological polar surface area (TPSA) is 269 Å². The summed E-state index contributed by atoms with van der Waals surface area (Å²) in [7, 11) is -4.39. The SMILES string of the molecule is CCOC(=O)[C@H](C)OC(=O)[C@H](C)OC(=O)[C@H](C)OC(=O)[C@H](C)OC(=O)[C@H](C)OC(=O)[C@H](C)OC(=O)c1cc(S(N)(=O)=O)c(Cl)cc1NCc1ccco1. The first-order valence-electron chi connectivity index (χ1n) is 15.7. The molecule has 0 amide bonds. The highest BCUT2D eigenvalue weighted by atomic mass is 35.5. The third kappa shape index (κ3) is 13.4. The number of carbonyl (C=O) groups is 7. The highest BCUT2D eigenvalue weighted by Gasteiger charge is 2.33. The molecule has 53 heavy (non-hydrogen) atoms. The van der Waals surface area contributed by atoms with E-state index in [9.17, 15) is 42.0 Å². The van der Waals surface area contributed by atoms with E-state index in [0.717, 1.165) is 46.8 Å². The predicted molar refractivity (Wildman–Crippen MR) is 178 cm³/mol. The third-order valence-electron chi connectivity index (χ3n) is 6.66. The van der Waals surface area contributed by atoms with E-state index < -0.39 is 93.3 Å². The molecule has 0 aliphatic carbocycles. The van der Waals surface area contributed by atoms with Gasteiger partial charge in [0.1, 0.15) is 10.7 Å². The minimum atomic E-state index is -4.39. The van der Waals surface area contributed by atoms with Crippen LogP contribution < -0.4 is 10.5 Å². The van der Waals surface area contributed by atoms with Crippen molar-refractivity contribution in [3.05, 3.63) is 46.9 Å². The lowest BCUT2D eigenvalue weighted by molar-refractivity contribution is -0.187. The molecule has 292 valence electrons. The monoisotopic (exact) mass is 790 g/mol. The van der Waals surface area contributed by atoms with Gasteiger partial charge in [-0.05, 0) is 72.7 Å². The van der Waals surface area contributed by atoms with Gasteiger partial charge in [0.2, 0.25) is 10.0 Å². The number of nitrogens with one attached hydrogen (secondary N) is 1. The maximum Gasteiger partial charge on any atom is 0.348 e. The minimum Gasteiger partial charge on any atom is -0.467 e. The number of hydrogen-bond acceptors (Lipinski definition) is 18.